The first-order valence-corrected chi connectivity index (χ1v) is 11.9. The minimum atomic E-state index is -0.490. The summed E-state index contributed by atoms with van der Waals surface area (Å²) in [7, 11) is 3.59. The van der Waals surface area contributed by atoms with Gasteiger partial charge in [-0.1, -0.05) is 12.7 Å². The molecule has 0 aliphatic carbocycles. The van der Waals surface area contributed by atoms with E-state index in [4.69, 9.17) is 19.4 Å². The molecule has 4 heterocycles. The maximum atomic E-state index is 12.5. The fraction of sp³-hybridized carbons (Fsp3) is 0.462. The highest BCUT2D eigenvalue weighted by molar-refractivity contribution is 5.89. The van der Waals surface area contributed by atoms with Gasteiger partial charge >= 0.3 is 6.09 Å². The third-order valence-electron chi connectivity index (χ3n) is 6.69. The van der Waals surface area contributed by atoms with Crippen molar-refractivity contribution in [2.45, 2.75) is 26.4 Å². The molecule has 0 N–H and O–H groups in total. The average Bonchev–Trinajstić information content (AvgIpc) is 3.50. The molecule has 0 bridgehead atoms. The lowest BCUT2D eigenvalue weighted by Crippen LogP contribution is -2.37. The molecular formula is C26H32N6O3. The lowest BCUT2D eigenvalue weighted by Gasteiger charge is -2.26. The van der Waals surface area contributed by atoms with Gasteiger partial charge in [0.25, 0.3) is 0 Å². The SMILES string of the molecule is C=Cc1cc(-c2nc(N3CC4CN(C(=O)OC(C)(C)C)CC4C3)nc3c2ncn3C)ccc1OC. The highest BCUT2D eigenvalue weighted by atomic mass is 16.6. The molecule has 2 unspecified atom stereocenters. The molecule has 2 saturated heterocycles. The van der Waals surface area contributed by atoms with Gasteiger partial charge in [-0.25, -0.2) is 14.8 Å². The molecule has 184 valence electrons. The standard InChI is InChI=1S/C26H32N6O3/c1-7-16-10-17(8-9-20(16)34-6)21-22-23(30(5)15-27-22)29-24(28-21)31-11-18-13-32(14-19(18)12-31)25(33)35-26(2,3)4/h7-10,15,18-19H,1,11-14H2,2-6H3. The zero-order valence-corrected chi connectivity index (χ0v) is 21.0. The number of amides is 1. The van der Waals surface area contributed by atoms with Crippen LogP contribution in [0.4, 0.5) is 10.7 Å². The van der Waals surface area contributed by atoms with Crippen LogP contribution in [0.3, 0.4) is 0 Å². The number of aromatic nitrogens is 4. The van der Waals surface area contributed by atoms with Gasteiger partial charge in [-0.15, -0.1) is 0 Å². The van der Waals surface area contributed by atoms with E-state index in [0.29, 0.717) is 30.9 Å². The summed E-state index contributed by atoms with van der Waals surface area (Å²) in [5.74, 6) is 2.18. The third kappa shape index (κ3) is 4.31. The maximum absolute atomic E-state index is 12.5. The second-order valence-electron chi connectivity index (χ2n) is 10.4. The van der Waals surface area contributed by atoms with Crippen molar-refractivity contribution < 1.29 is 14.3 Å². The van der Waals surface area contributed by atoms with Crippen molar-refractivity contribution >= 4 is 29.3 Å². The number of imidazole rings is 1. The number of likely N-dealkylation sites (tertiary alicyclic amines) is 1. The van der Waals surface area contributed by atoms with Gasteiger partial charge in [0.15, 0.2) is 5.65 Å². The van der Waals surface area contributed by atoms with Gasteiger partial charge in [0.1, 0.15) is 22.6 Å². The lowest BCUT2D eigenvalue weighted by atomic mass is 10.0. The van der Waals surface area contributed by atoms with Gasteiger partial charge in [-0.05, 0) is 39.0 Å². The molecule has 35 heavy (non-hydrogen) atoms. The Bertz CT molecular complexity index is 1280. The van der Waals surface area contributed by atoms with Gasteiger partial charge < -0.3 is 23.8 Å². The summed E-state index contributed by atoms with van der Waals surface area (Å²) < 4.78 is 12.9. The van der Waals surface area contributed by atoms with Crippen molar-refractivity contribution in [3.05, 3.63) is 36.7 Å². The number of nitrogens with zero attached hydrogens (tertiary/aromatic N) is 6. The number of aryl methyl sites for hydroxylation is 1. The molecule has 1 amide bonds. The number of ether oxygens (including phenoxy) is 2. The van der Waals surface area contributed by atoms with Gasteiger partial charge in [0.2, 0.25) is 5.95 Å². The van der Waals surface area contributed by atoms with Crippen LogP contribution >= 0.6 is 0 Å². The van der Waals surface area contributed by atoms with Crippen LogP contribution in [0, 0.1) is 11.8 Å². The van der Waals surface area contributed by atoms with Crippen LogP contribution in [0.5, 0.6) is 5.75 Å². The number of rotatable bonds is 4. The normalized spacial score (nSPS) is 19.8. The fourth-order valence-corrected chi connectivity index (χ4v) is 5.01. The Balaban J connectivity index is 1.43. The second-order valence-corrected chi connectivity index (χ2v) is 10.4. The molecule has 2 aliphatic rings. The highest BCUT2D eigenvalue weighted by Gasteiger charge is 2.43. The van der Waals surface area contributed by atoms with E-state index in [1.165, 1.54) is 0 Å². The van der Waals surface area contributed by atoms with Crippen molar-refractivity contribution in [3.63, 3.8) is 0 Å². The van der Waals surface area contributed by atoms with Crippen LogP contribution in [0.15, 0.2) is 31.1 Å². The largest absolute Gasteiger partial charge is 0.496 e. The number of benzene rings is 1. The Morgan fingerprint density at radius 1 is 1.14 bits per heavy atom. The van der Waals surface area contributed by atoms with E-state index < -0.39 is 5.60 Å². The summed E-state index contributed by atoms with van der Waals surface area (Å²) >= 11 is 0. The fourth-order valence-electron chi connectivity index (χ4n) is 5.01. The molecule has 2 atom stereocenters. The number of fused-ring (bicyclic) bond motifs is 2. The Morgan fingerprint density at radius 2 is 1.86 bits per heavy atom. The van der Waals surface area contributed by atoms with Crippen molar-refractivity contribution in [1.29, 1.82) is 0 Å². The monoisotopic (exact) mass is 476 g/mol. The van der Waals surface area contributed by atoms with E-state index in [-0.39, 0.29) is 6.09 Å². The molecule has 0 radical (unpaired) electrons. The predicted octanol–water partition coefficient (Wildman–Crippen LogP) is 3.99. The topological polar surface area (TPSA) is 85.6 Å². The van der Waals surface area contributed by atoms with Gasteiger partial charge in [0.05, 0.1) is 13.4 Å². The third-order valence-corrected chi connectivity index (χ3v) is 6.69. The molecule has 3 aromatic rings. The number of carbonyl (C=O) groups is 1. The summed E-state index contributed by atoms with van der Waals surface area (Å²) in [4.78, 5) is 31.0. The number of hydrogen-bond acceptors (Lipinski definition) is 7. The molecule has 2 aliphatic heterocycles. The number of anilines is 1. The molecule has 2 aromatic heterocycles. The summed E-state index contributed by atoms with van der Waals surface area (Å²) in [6.45, 7) is 12.6. The molecule has 5 rings (SSSR count). The van der Waals surface area contributed by atoms with Crippen molar-refractivity contribution in [2.75, 3.05) is 38.2 Å². The van der Waals surface area contributed by atoms with E-state index in [2.05, 4.69) is 16.5 Å². The van der Waals surface area contributed by atoms with Gasteiger partial charge in [-0.2, -0.15) is 4.98 Å². The molecule has 2 fully saturated rings. The molecular weight excluding hydrogens is 444 g/mol. The highest BCUT2D eigenvalue weighted by Crippen LogP contribution is 2.36. The summed E-state index contributed by atoms with van der Waals surface area (Å²) in [6, 6.07) is 5.93. The number of carbonyl (C=O) groups excluding carboxylic acids is 1. The second kappa shape index (κ2) is 8.55. The van der Waals surface area contributed by atoms with Crippen LogP contribution in [-0.2, 0) is 11.8 Å². The van der Waals surface area contributed by atoms with E-state index >= 15 is 0 Å². The summed E-state index contributed by atoms with van der Waals surface area (Å²) in [6.07, 6.45) is 3.31. The molecule has 9 heteroatoms. The van der Waals surface area contributed by atoms with Crippen LogP contribution in [0.25, 0.3) is 28.5 Å². The average molecular weight is 477 g/mol. The molecule has 0 spiro atoms. The Morgan fingerprint density at radius 3 is 2.49 bits per heavy atom. The first-order chi connectivity index (χ1) is 16.7. The Hall–Kier alpha value is -3.62. The minimum Gasteiger partial charge on any atom is -0.496 e. The van der Waals surface area contributed by atoms with Crippen LogP contribution < -0.4 is 9.64 Å². The Labute approximate surface area is 205 Å². The molecule has 9 nitrogen and oxygen atoms in total. The smallest absolute Gasteiger partial charge is 0.410 e. The van der Waals surface area contributed by atoms with Crippen LogP contribution in [0.1, 0.15) is 26.3 Å². The van der Waals surface area contributed by atoms with E-state index in [0.717, 1.165) is 46.8 Å². The summed E-state index contributed by atoms with van der Waals surface area (Å²) in [5, 5.41) is 0. The number of methoxy groups -OCH3 is 1. The van der Waals surface area contributed by atoms with E-state index in [1.54, 1.807) is 19.5 Å². The zero-order chi connectivity index (χ0) is 24.9. The van der Waals surface area contributed by atoms with Crippen molar-refractivity contribution in [1.82, 2.24) is 24.4 Å². The quantitative estimate of drug-likeness (QED) is 0.563. The van der Waals surface area contributed by atoms with Gasteiger partial charge in [0, 0.05) is 56.2 Å². The predicted molar refractivity (Wildman–Crippen MR) is 135 cm³/mol. The maximum Gasteiger partial charge on any atom is 0.410 e. The molecule has 0 saturated carbocycles. The first-order valence-electron chi connectivity index (χ1n) is 11.9. The van der Waals surface area contributed by atoms with Crippen LogP contribution in [0.2, 0.25) is 0 Å². The van der Waals surface area contributed by atoms with Gasteiger partial charge in [-0.3, -0.25) is 0 Å². The molecule has 1 aromatic carbocycles. The van der Waals surface area contributed by atoms with E-state index in [1.807, 2.05) is 55.5 Å². The first kappa shape index (κ1) is 23.1. The Kier molecular flexibility index (Phi) is 5.65. The van der Waals surface area contributed by atoms with Crippen LogP contribution in [-0.4, -0.2) is 69.4 Å². The lowest BCUT2D eigenvalue weighted by molar-refractivity contribution is 0.0282. The van der Waals surface area contributed by atoms with Crippen molar-refractivity contribution in [2.24, 2.45) is 18.9 Å². The number of hydrogen-bond donors (Lipinski definition) is 0. The van der Waals surface area contributed by atoms with E-state index in [9.17, 15) is 4.79 Å². The van der Waals surface area contributed by atoms with Crippen molar-refractivity contribution in [3.8, 4) is 17.0 Å². The summed E-state index contributed by atoms with van der Waals surface area (Å²) in [5.41, 5.74) is 3.66. The minimum absolute atomic E-state index is 0.231. The zero-order valence-electron chi connectivity index (χ0n) is 21.0.